The summed E-state index contributed by atoms with van der Waals surface area (Å²) in [4.78, 5) is 29.1. The number of benzene rings is 2. The Labute approximate surface area is 153 Å². The predicted molar refractivity (Wildman–Crippen MR) is 97.2 cm³/mol. The molecule has 0 bridgehead atoms. The Hall–Kier alpha value is -2.65. The molecule has 4 rings (SSSR count). The van der Waals surface area contributed by atoms with Crippen LogP contribution < -0.4 is 9.80 Å². The van der Waals surface area contributed by atoms with Crippen molar-refractivity contribution < 1.29 is 9.59 Å². The molecule has 1 saturated carbocycles. The summed E-state index contributed by atoms with van der Waals surface area (Å²) < 4.78 is 0.887. The molecule has 1 aliphatic heterocycles. The molecule has 6 heteroatoms. The number of urea groups is 1. The van der Waals surface area contributed by atoms with Gasteiger partial charge in [0.25, 0.3) is 5.91 Å². The van der Waals surface area contributed by atoms with Crippen LogP contribution in [0.25, 0.3) is 0 Å². The van der Waals surface area contributed by atoms with Gasteiger partial charge in [0.15, 0.2) is 0 Å². The highest BCUT2D eigenvalue weighted by atomic mass is 79.9. The number of halogens is 1. The smallest absolute Gasteiger partial charge is 0.278 e. The summed E-state index contributed by atoms with van der Waals surface area (Å²) in [6.45, 7) is 0. The van der Waals surface area contributed by atoms with E-state index in [1.54, 1.807) is 41.3 Å². The second-order valence-electron chi connectivity index (χ2n) is 6.28. The Balaban J connectivity index is 1.78. The predicted octanol–water partition coefficient (Wildman–Crippen LogP) is 4.22. The van der Waals surface area contributed by atoms with E-state index in [0.29, 0.717) is 29.8 Å². The van der Waals surface area contributed by atoms with Crippen molar-refractivity contribution in [3.05, 3.63) is 58.6 Å². The Morgan fingerprint density at radius 3 is 2.08 bits per heavy atom. The van der Waals surface area contributed by atoms with Crippen molar-refractivity contribution in [2.24, 2.45) is 0 Å². The largest absolute Gasteiger partial charge is 0.336 e. The molecule has 2 aromatic rings. The fraction of sp³-hybridized carbons (Fsp3) is 0.211. The van der Waals surface area contributed by atoms with Crippen molar-refractivity contribution >= 4 is 39.2 Å². The summed E-state index contributed by atoms with van der Waals surface area (Å²) >= 11 is 3.37. The Morgan fingerprint density at radius 1 is 0.960 bits per heavy atom. The van der Waals surface area contributed by atoms with Gasteiger partial charge in [0.05, 0.1) is 17.3 Å². The lowest BCUT2D eigenvalue weighted by Crippen LogP contribution is -2.55. The Kier molecular flexibility index (Phi) is 3.62. The lowest BCUT2D eigenvalue weighted by Gasteiger charge is -2.42. The molecule has 5 nitrogen and oxygen atoms in total. The van der Waals surface area contributed by atoms with Crippen LogP contribution in [0, 0.1) is 11.3 Å². The monoisotopic (exact) mass is 395 g/mol. The molecule has 0 N–H and O–H groups in total. The molecule has 0 radical (unpaired) electrons. The fourth-order valence-corrected chi connectivity index (χ4v) is 3.75. The first-order valence-electron chi connectivity index (χ1n) is 8.01. The third kappa shape index (κ3) is 2.27. The molecular formula is C19H14BrN3O2. The van der Waals surface area contributed by atoms with Crippen LogP contribution >= 0.6 is 15.9 Å². The lowest BCUT2D eigenvalue weighted by atomic mass is 9.75. The Bertz CT molecular complexity index is 896. The van der Waals surface area contributed by atoms with Gasteiger partial charge in [0.1, 0.15) is 5.54 Å². The van der Waals surface area contributed by atoms with Gasteiger partial charge in [-0.3, -0.25) is 9.69 Å². The lowest BCUT2D eigenvalue weighted by molar-refractivity contribution is -0.123. The van der Waals surface area contributed by atoms with E-state index in [0.717, 1.165) is 10.9 Å². The minimum atomic E-state index is -0.793. The Morgan fingerprint density at radius 2 is 1.56 bits per heavy atom. The zero-order valence-corrected chi connectivity index (χ0v) is 14.9. The average molecular weight is 396 g/mol. The van der Waals surface area contributed by atoms with Crippen LogP contribution in [0.4, 0.5) is 16.2 Å². The van der Waals surface area contributed by atoms with Gasteiger partial charge in [0, 0.05) is 10.2 Å². The quantitative estimate of drug-likeness (QED) is 0.715. The van der Waals surface area contributed by atoms with Gasteiger partial charge in [-0.1, -0.05) is 15.9 Å². The van der Waals surface area contributed by atoms with Gasteiger partial charge < -0.3 is 0 Å². The minimum absolute atomic E-state index is 0.171. The second kappa shape index (κ2) is 5.71. The molecule has 3 amide bonds. The van der Waals surface area contributed by atoms with Gasteiger partial charge in [-0.2, -0.15) is 5.26 Å². The highest BCUT2D eigenvalue weighted by Gasteiger charge is 2.61. The van der Waals surface area contributed by atoms with Crippen LogP contribution in [0.2, 0.25) is 0 Å². The number of hydrogen-bond donors (Lipinski definition) is 0. The van der Waals surface area contributed by atoms with Gasteiger partial charge in [0.2, 0.25) is 0 Å². The van der Waals surface area contributed by atoms with Gasteiger partial charge in [-0.25, -0.2) is 9.69 Å². The van der Waals surface area contributed by atoms with Gasteiger partial charge in [-0.05, 0) is 67.8 Å². The van der Waals surface area contributed by atoms with Crippen molar-refractivity contribution in [2.45, 2.75) is 24.8 Å². The van der Waals surface area contributed by atoms with E-state index in [1.807, 2.05) is 12.1 Å². The zero-order chi connectivity index (χ0) is 17.6. The average Bonchev–Trinajstić information content (AvgIpc) is 2.83. The molecule has 124 valence electrons. The minimum Gasteiger partial charge on any atom is -0.278 e. The molecule has 2 aromatic carbocycles. The first-order chi connectivity index (χ1) is 12.1. The van der Waals surface area contributed by atoms with Gasteiger partial charge >= 0.3 is 6.03 Å². The number of carbonyl (C=O) groups is 2. The van der Waals surface area contributed by atoms with Crippen LogP contribution in [-0.2, 0) is 4.79 Å². The third-order valence-electron chi connectivity index (χ3n) is 4.93. The van der Waals surface area contributed by atoms with E-state index in [-0.39, 0.29) is 11.9 Å². The second-order valence-corrected chi connectivity index (χ2v) is 7.19. The van der Waals surface area contributed by atoms with Crippen LogP contribution in [0.3, 0.4) is 0 Å². The van der Waals surface area contributed by atoms with E-state index >= 15 is 0 Å². The van der Waals surface area contributed by atoms with E-state index in [1.165, 1.54) is 4.90 Å². The van der Waals surface area contributed by atoms with Crippen molar-refractivity contribution in [1.29, 1.82) is 5.26 Å². The molecule has 1 saturated heterocycles. The molecule has 1 aliphatic carbocycles. The number of anilines is 2. The van der Waals surface area contributed by atoms with Crippen LogP contribution in [0.5, 0.6) is 0 Å². The van der Waals surface area contributed by atoms with Crippen LogP contribution in [0.15, 0.2) is 53.0 Å². The first kappa shape index (κ1) is 15.9. The normalized spacial score (nSPS) is 18.4. The SMILES string of the molecule is N#Cc1ccc(N2C(=O)N(c3ccc(Br)cc3)C(=O)C23CCC3)cc1. The molecule has 0 unspecified atom stereocenters. The van der Waals surface area contributed by atoms with E-state index in [4.69, 9.17) is 5.26 Å². The number of nitrogens with zero attached hydrogens (tertiary/aromatic N) is 3. The molecule has 0 atom stereocenters. The summed E-state index contributed by atoms with van der Waals surface area (Å²) in [5.41, 5.74) is 0.949. The van der Waals surface area contributed by atoms with Gasteiger partial charge in [-0.15, -0.1) is 0 Å². The molecular weight excluding hydrogens is 382 g/mol. The molecule has 2 aliphatic rings. The summed E-state index contributed by atoms with van der Waals surface area (Å²) in [5.74, 6) is -0.171. The topological polar surface area (TPSA) is 64.4 Å². The molecule has 1 spiro atoms. The maximum atomic E-state index is 13.1. The van der Waals surface area contributed by atoms with Crippen LogP contribution in [0.1, 0.15) is 24.8 Å². The highest BCUT2D eigenvalue weighted by molar-refractivity contribution is 9.10. The zero-order valence-electron chi connectivity index (χ0n) is 13.3. The number of amides is 3. The molecule has 2 fully saturated rings. The number of nitriles is 1. The van der Waals surface area contributed by atoms with Crippen molar-refractivity contribution in [3.8, 4) is 6.07 Å². The number of imide groups is 1. The summed E-state index contributed by atoms with van der Waals surface area (Å²) in [6, 6.07) is 15.7. The first-order valence-corrected chi connectivity index (χ1v) is 8.81. The summed E-state index contributed by atoms with van der Waals surface area (Å²) in [7, 11) is 0. The fourth-order valence-electron chi connectivity index (χ4n) is 3.48. The summed E-state index contributed by atoms with van der Waals surface area (Å²) in [5, 5.41) is 8.96. The molecule has 1 heterocycles. The molecule has 25 heavy (non-hydrogen) atoms. The number of rotatable bonds is 2. The molecule has 0 aromatic heterocycles. The van der Waals surface area contributed by atoms with Crippen LogP contribution in [-0.4, -0.2) is 17.5 Å². The number of carbonyl (C=O) groups excluding carboxylic acids is 2. The van der Waals surface area contributed by atoms with E-state index < -0.39 is 5.54 Å². The van der Waals surface area contributed by atoms with E-state index in [2.05, 4.69) is 22.0 Å². The third-order valence-corrected chi connectivity index (χ3v) is 5.46. The maximum Gasteiger partial charge on any atom is 0.336 e. The number of hydrogen-bond acceptors (Lipinski definition) is 3. The maximum absolute atomic E-state index is 13.1. The highest BCUT2D eigenvalue weighted by Crippen LogP contribution is 2.47. The standard InChI is InChI=1S/C19H14BrN3O2/c20-14-4-8-15(9-5-14)22-17(24)19(10-1-11-19)23(18(22)25)16-6-2-13(12-21)3-7-16/h2-9H,1,10-11H2. The van der Waals surface area contributed by atoms with E-state index in [9.17, 15) is 9.59 Å². The van der Waals surface area contributed by atoms with Crippen molar-refractivity contribution in [2.75, 3.05) is 9.80 Å². The van der Waals surface area contributed by atoms with Crippen molar-refractivity contribution in [1.82, 2.24) is 0 Å². The summed E-state index contributed by atoms with van der Waals surface area (Å²) in [6.07, 6.45) is 2.23. The van der Waals surface area contributed by atoms with Crippen molar-refractivity contribution in [3.63, 3.8) is 0 Å².